The Balaban J connectivity index is 1.72. The molecule has 4 heteroatoms. The first-order chi connectivity index (χ1) is 10.6. The number of pyridine rings is 1. The lowest BCUT2D eigenvalue weighted by Crippen LogP contribution is -2.29. The molecule has 0 aliphatic heterocycles. The number of benzene rings is 1. The van der Waals surface area contributed by atoms with Crippen molar-refractivity contribution < 1.29 is 4.79 Å². The Bertz CT molecular complexity index is 792. The predicted molar refractivity (Wildman–Crippen MR) is 87.8 cm³/mol. The zero-order valence-corrected chi connectivity index (χ0v) is 12.9. The largest absolute Gasteiger partial charge is 0.340 e. The molecule has 112 valence electrons. The van der Waals surface area contributed by atoms with Crippen LogP contribution in [0.4, 0.5) is 0 Å². The Morgan fingerprint density at radius 1 is 1.14 bits per heavy atom. The third-order valence-electron chi connectivity index (χ3n) is 3.86. The van der Waals surface area contributed by atoms with Gasteiger partial charge in [0, 0.05) is 32.2 Å². The summed E-state index contributed by atoms with van der Waals surface area (Å²) >= 11 is 0. The average molecular weight is 293 g/mol. The van der Waals surface area contributed by atoms with Crippen molar-refractivity contribution in [2.45, 2.75) is 6.42 Å². The molecule has 22 heavy (non-hydrogen) atoms. The van der Waals surface area contributed by atoms with Crippen molar-refractivity contribution in [3.8, 4) is 0 Å². The number of hydrogen-bond donors (Lipinski definition) is 0. The Morgan fingerprint density at radius 2 is 1.91 bits per heavy atom. The molecule has 0 fully saturated rings. The van der Waals surface area contributed by atoms with Crippen LogP contribution in [-0.4, -0.2) is 34.0 Å². The first-order valence-electron chi connectivity index (χ1n) is 7.36. The Labute approximate surface area is 130 Å². The highest BCUT2D eigenvalue weighted by Gasteiger charge is 2.14. The molecular formula is C18H19N3O. The van der Waals surface area contributed by atoms with Gasteiger partial charge < -0.3 is 9.47 Å². The van der Waals surface area contributed by atoms with E-state index in [1.807, 2.05) is 55.2 Å². The van der Waals surface area contributed by atoms with Crippen molar-refractivity contribution in [2.75, 3.05) is 13.6 Å². The zero-order valence-electron chi connectivity index (χ0n) is 12.9. The quantitative estimate of drug-likeness (QED) is 0.742. The fourth-order valence-corrected chi connectivity index (χ4v) is 2.49. The van der Waals surface area contributed by atoms with Crippen LogP contribution < -0.4 is 0 Å². The van der Waals surface area contributed by atoms with Gasteiger partial charge in [0.05, 0.1) is 0 Å². The minimum Gasteiger partial charge on any atom is -0.340 e. The highest BCUT2D eigenvalue weighted by atomic mass is 16.2. The van der Waals surface area contributed by atoms with Gasteiger partial charge in [-0.15, -0.1) is 0 Å². The summed E-state index contributed by atoms with van der Waals surface area (Å²) in [6.07, 6.45) is 2.79. The van der Waals surface area contributed by atoms with E-state index in [1.165, 1.54) is 5.56 Å². The SMILES string of the molecule is CN(CCc1ccccc1)C(=O)c1ccc2ccn(C)c2n1. The van der Waals surface area contributed by atoms with E-state index in [9.17, 15) is 4.79 Å². The van der Waals surface area contributed by atoms with Crippen molar-refractivity contribution in [1.82, 2.24) is 14.5 Å². The van der Waals surface area contributed by atoms with E-state index in [2.05, 4.69) is 17.1 Å². The molecule has 0 radical (unpaired) electrons. The summed E-state index contributed by atoms with van der Waals surface area (Å²) in [4.78, 5) is 18.7. The third-order valence-corrected chi connectivity index (χ3v) is 3.86. The van der Waals surface area contributed by atoms with Crippen molar-refractivity contribution in [3.63, 3.8) is 0 Å². The summed E-state index contributed by atoms with van der Waals surface area (Å²) in [5.41, 5.74) is 2.56. The highest BCUT2D eigenvalue weighted by Crippen LogP contribution is 2.14. The molecule has 3 rings (SSSR count). The van der Waals surface area contributed by atoms with Gasteiger partial charge >= 0.3 is 0 Å². The molecule has 0 N–H and O–H groups in total. The zero-order chi connectivity index (χ0) is 15.5. The summed E-state index contributed by atoms with van der Waals surface area (Å²) in [7, 11) is 3.75. The van der Waals surface area contributed by atoms with Crippen LogP contribution >= 0.6 is 0 Å². The second-order valence-electron chi connectivity index (χ2n) is 5.50. The number of aromatic nitrogens is 2. The number of rotatable bonds is 4. The van der Waals surface area contributed by atoms with E-state index in [1.54, 1.807) is 11.0 Å². The lowest BCUT2D eigenvalue weighted by molar-refractivity contribution is 0.0791. The maximum Gasteiger partial charge on any atom is 0.272 e. The van der Waals surface area contributed by atoms with Crippen molar-refractivity contribution >= 4 is 16.9 Å². The fraction of sp³-hybridized carbons (Fsp3) is 0.222. The lowest BCUT2D eigenvalue weighted by Gasteiger charge is -2.16. The topological polar surface area (TPSA) is 38.1 Å². The minimum absolute atomic E-state index is 0.0426. The lowest BCUT2D eigenvalue weighted by atomic mass is 10.1. The van der Waals surface area contributed by atoms with Crippen LogP contribution in [0.2, 0.25) is 0 Å². The molecule has 0 aliphatic carbocycles. The summed E-state index contributed by atoms with van der Waals surface area (Å²) in [6.45, 7) is 0.676. The number of fused-ring (bicyclic) bond motifs is 1. The van der Waals surface area contributed by atoms with Crippen LogP contribution in [0.15, 0.2) is 54.7 Å². The van der Waals surface area contributed by atoms with Gasteiger partial charge in [-0.2, -0.15) is 0 Å². The van der Waals surface area contributed by atoms with E-state index >= 15 is 0 Å². The second kappa shape index (κ2) is 6.02. The standard InChI is InChI=1S/C18H19N3O/c1-20-13-11-15-8-9-16(19-17(15)20)18(22)21(2)12-10-14-6-4-3-5-7-14/h3-9,11,13H,10,12H2,1-2H3. The molecule has 1 amide bonds. The number of hydrogen-bond acceptors (Lipinski definition) is 2. The number of aryl methyl sites for hydroxylation is 1. The van der Waals surface area contributed by atoms with E-state index in [0.29, 0.717) is 12.2 Å². The van der Waals surface area contributed by atoms with E-state index in [-0.39, 0.29) is 5.91 Å². The predicted octanol–water partition coefficient (Wildman–Crippen LogP) is 2.89. The van der Waals surface area contributed by atoms with Crippen LogP contribution in [0.25, 0.3) is 11.0 Å². The molecule has 0 aliphatic rings. The van der Waals surface area contributed by atoms with Crippen molar-refractivity contribution in [1.29, 1.82) is 0 Å². The fourth-order valence-electron chi connectivity index (χ4n) is 2.49. The van der Waals surface area contributed by atoms with Crippen LogP contribution in [0.3, 0.4) is 0 Å². The maximum atomic E-state index is 12.5. The van der Waals surface area contributed by atoms with E-state index in [4.69, 9.17) is 0 Å². The second-order valence-corrected chi connectivity index (χ2v) is 5.50. The Kier molecular flexibility index (Phi) is 3.92. The minimum atomic E-state index is -0.0426. The van der Waals surface area contributed by atoms with Crippen LogP contribution in [0.5, 0.6) is 0 Å². The smallest absolute Gasteiger partial charge is 0.272 e. The van der Waals surface area contributed by atoms with Gasteiger partial charge in [0.2, 0.25) is 0 Å². The summed E-state index contributed by atoms with van der Waals surface area (Å²) in [5, 5.41) is 1.05. The molecule has 0 saturated heterocycles. The van der Waals surface area contributed by atoms with Gasteiger partial charge in [0.15, 0.2) is 0 Å². The molecular weight excluding hydrogens is 274 g/mol. The monoisotopic (exact) mass is 293 g/mol. The maximum absolute atomic E-state index is 12.5. The first-order valence-corrected chi connectivity index (χ1v) is 7.36. The number of likely N-dealkylation sites (N-methyl/N-ethyl adjacent to an activating group) is 1. The van der Waals surface area contributed by atoms with Gasteiger partial charge in [-0.25, -0.2) is 4.98 Å². The summed E-state index contributed by atoms with van der Waals surface area (Å²) in [5.74, 6) is -0.0426. The number of carbonyl (C=O) groups is 1. The van der Waals surface area contributed by atoms with E-state index in [0.717, 1.165) is 17.5 Å². The molecule has 3 aromatic rings. The van der Waals surface area contributed by atoms with Crippen LogP contribution in [0.1, 0.15) is 16.1 Å². The average Bonchev–Trinajstić information content (AvgIpc) is 2.93. The Morgan fingerprint density at radius 3 is 2.68 bits per heavy atom. The van der Waals surface area contributed by atoms with Gasteiger partial charge in [0.1, 0.15) is 11.3 Å². The van der Waals surface area contributed by atoms with Crippen molar-refractivity contribution in [3.05, 3.63) is 66.0 Å². The molecule has 1 aromatic carbocycles. The molecule has 4 nitrogen and oxygen atoms in total. The van der Waals surface area contributed by atoms with E-state index < -0.39 is 0 Å². The highest BCUT2D eigenvalue weighted by molar-refractivity contribution is 5.94. The number of carbonyl (C=O) groups excluding carboxylic acids is 1. The normalized spacial score (nSPS) is 10.8. The van der Waals surface area contributed by atoms with Gasteiger partial charge in [-0.05, 0) is 30.2 Å². The summed E-state index contributed by atoms with van der Waals surface area (Å²) < 4.78 is 1.93. The van der Waals surface area contributed by atoms with Crippen molar-refractivity contribution in [2.24, 2.45) is 7.05 Å². The Hall–Kier alpha value is -2.62. The number of amides is 1. The van der Waals surface area contributed by atoms with Crippen LogP contribution in [-0.2, 0) is 13.5 Å². The van der Waals surface area contributed by atoms with Crippen LogP contribution in [0, 0.1) is 0 Å². The van der Waals surface area contributed by atoms with Gasteiger partial charge in [-0.1, -0.05) is 30.3 Å². The molecule has 0 atom stereocenters. The van der Waals surface area contributed by atoms with Gasteiger partial charge in [0.25, 0.3) is 5.91 Å². The number of nitrogens with zero attached hydrogens (tertiary/aromatic N) is 3. The molecule has 0 bridgehead atoms. The molecule has 0 spiro atoms. The molecule has 2 aromatic heterocycles. The summed E-state index contributed by atoms with van der Waals surface area (Å²) in [6, 6.07) is 15.9. The molecule has 0 unspecified atom stereocenters. The third kappa shape index (κ3) is 2.86. The molecule has 2 heterocycles. The molecule has 0 saturated carbocycles. The first kappa shape index (κ1) is 14.3. The van der Waals surface area contributed by atoms with Gasteiger partial charge in [-0.3, -0.25) is 4.79 Å².